The Morgan fingerprint density at radius 2 is 2.29 bits per heavy atom. The van der Waals surface area contributed by atoms with Gasteiger partial charge in [0.1, 0.15) is 5.78 Å². The van der Waals surface area contributed by atoms with Crippen molar-refractivity contribution in [1.29, 1.82) is 0 Å². The average molecular weight is 296 g/mol. The molecule has 1 unspecified atom stereocenters. The number of benzene rings is 1. The van der Waals surface area contributed by atoms with E-state index in [2.05, 4.69) is 23.2 Å². The number of hydrogen-bond acceptors (Lipinski definition) is 3. The molecule has 0 saturated heterocycles. The number of Topliss-reactive ketones (excluding diaryl/α,β-unsaturated/α-hetero) is 1. The molecule has 0 bridgehead atoms. The minimum atomic E-state index is 0.0506. The van der Waals surface area contributed by atoms with Crippen LogP contribution in [0.15, 0.2) is 42.0 Å². The van der Waals surface area contributed by atoms with Crippen LogP contribution in [-0.2, 0) is 17.6 Å². The number of imidazole rings is 1. The Hall–Kier alpha value is -1.94. The van der Waals surface area contributed by atoms with Crippen molar-refractivity contribution in [2.45, 2.75) is 31.6 Å². The Bertz CT molecular complexity index is 773. The molecule has 1 atom stereocenters. The monoisotopic (exact) mass is 296 g/mol. The molecule has 0 N–H and O–H groups in total. The summed E-state index contributed by atoms with van der Waals surface area (Å²) in [6, 6.07) is 8.37. The standard InChI is InChI=1S/C17H16N2OS/c20-16(10-13-11-19-8-9-21-17(19)18-13)15-7-3-5-12-4-1-2-6-14(12)15/h1-2,4,6,8-9,11,15H,3,5,7,10H2. The Kier molecular flexibility index (Phi) is 3.11. The summed E-state index contributed by atoms with van der Waals surface area (Å²) in [4.78, 5) is 18.2. The lowest BCUT2D eigenvalue weighted by Gasteiger charge is -2.24. The SMILES string of the molecule is O=C(Cc1cn2ccsc2n1)C1CCCc2ccccc21. The summed E-state index contributed by atoms with van der Waals surface area (Å²) in [5.74, 6) is 0.350. The third-order valence-corrected chi connectivity index (χ3v) is 5.03. The number of thiazole rings is 1. The number of carbonyl (C=O) groups excluding carboxylic acids is 1. The van der Waals surface area contributed by atoms with Gasteiger partial charge in [-0.15, -0.1) is 11.3 Å². The molecule has 0 amide bonds. The van der Waals surface area contributed by atoms with Gasteiger partial charge in [0.15, 0.2) is 4.96 Å². The second kappa shape index (κ2) is 5.11. The zero-order chi connectivity index (χ0) is 14.2. The summed E-state index contributed by atoms with van der Waals surface area (Å²) in [6.45, 7) is 0. The number of rotatable bonds is 3. The Labute approximate surface area is 127 Å². The van der Waals surface area contributed by atoms with E-state index in [1.807, 2.05) is 28.2 Å². The minimum Gasteiger partial charge on any atom is -0.299 e. The maximum atomic E-state index is 12.7. The van der Waals surface area contributed by atoms with Crippen molar-refractivity contribution in [3.8, 4) is 0 Å². The fourth-order valence-corrected chi connectivity index (χ4v) is 3.97. The number of aromatic nitrogens is 2. The topological polar surface area (TPSA) is 34.4 Å². The average Bonchev–Trinajstić information content (AvgIpc) is 3.07. The van der Waals surface area contributed by atoms with Gasteiger partial charge in [-0.25, -0.2) is 4.98 Å². The van der Waals surface area contributed by atoms with Gasteiger partial charge < -0.3 is 0 Å². The summed E-state index contributed by atoms with van der Waals surface area (Å²) in [5.41, 5.74) is 3.46. The largest absolute Gasteiger partial charge is 0.299 e. The molecule has 106 valence electrons. The maximum absolute atomic E-state index is 12.7. The molecule has 0 spiro atoms. The highest BCUT2D eigenvalue weighted by molar-refractivity contribution is 7.15. The highest BCUT2D eigenvalue weighted by atomic mass is 32.1. The first-order valence-electron chi connectivity index (χ1n) is 7.33. The van der Waals surface area contributed by atoms with Crippen molar-refractivity contribution in [3.63, 3.8) is 0 Å². The second-order valence-corrected chi connectivity index (χ2v) is 6.48. The van der Waals surface area contributed by atoms with Gasteiger partial charge in [0.2, 0.25) is 0 Å². The summed E-state index contributed by atoms with van der Waals surface area (Å²) in [5, 5.41) is 2.01. The molecule has 0 saturated carbocycles. The molecular weight excluding hydrogens is 280 g/mol. The molecule has 3 nitrogen and oxygen atoms in total. The fraction of sp³-hybridized carbons (Fsp3) is 0.294. The van der Waals surface area contributed by atoms with Gasteiger partial charge in [-0.05, 0) is 30.4 Å². The van der Waals surface area contributed by atoms with Gasteiger partial charge in [0.25, 0.3) is 0 Å². The van der Waals surface area contributed by atoms with Crippen molar-refractivity contribution in [2.75, 3.05) is 0 Å². The van der Waals surface area contributed by atoms with Crippen molar-refractivity contribution in [1.82, 2.24) is 9.38 Å². The molecule has 1 aromatic carbocycles. The summed E-state index contributed by atoms with van der Waals surface area (Å²) < 4.78 is 1.99. The van der Waals surface area contributed by atoms with E-state index >= 15 is 0 Å². The summed E-state index contributed by atoms with van der Waals surface area (Å²) in [6.07, 6.45) is 7.56. The molecule has 0 fully saturated rings. The predicted octanol–water partition coefficient (Wildman–Crippen LogP) is 3.63. The number of ketones is 1. The van der Waals surface area contributed by atoms with E-state index in [0.717, 1.165) is 29.9 Å². The molecular formula is C17H16N2OS. The highest BCUT2D eigenvalue weighted by Gasteiger charge is 2.26. The Morgan fingerprint density at radius 3 is 3.19 bits per heavy atom. The lowest BCUT2D eigenvalue weighted by atomic mass is 9.79. The third-order valence-electron chi connectivity index (χ3n) is 4.26. The molecule has 2 heterocycles. The Morgan fingerprint density at radius 1 is 1.38 bits per heavy atom. The van der Waals surface area contributed by atoms with E-state index in [0.29, 0.717) is 12.2 Å². The predicted molar refractivity (Wildman–Crippen MR) is 83.9 cm³/mol. The van der Waals surface area contributed by atoms with Gasteiger partial charge in [-0.1, -0.05) is 24.3 Å². The van der Waals surface area contributed by atoms with Crippen LogP contribution in [-0.4, -0.2) is 15.2 Å². The number of hydrogen-bond donors (Lipinski definition) is 0. The zero-order valence-electron chi connectivity index (χ0n) is 11.7. The van der Waals surface area contributed by atoms with Gasteiger partial charge in [0, 0.05) is 23.7 Å². The van der Waals surface area contributed by atoms with Crippen LogP contribution in [0.2, 0.25) is 0 Å². The van der Waals surface area contributed by atoms with E-state index in [-0.39, 0.29) is 5.92 Å². The molecule has 2 aromatic heterocycles. The molecule has 4 heteroatoms. The molecule has 3 aromatic rings. The summed E-state index contributed by atoms with van der Waals surface area (Å²) >= 11 is 1.60. The van der Waals surface area contributed by atoms with E-state index < -0.39 is 0 Å². The van der Waals surface area contributed by atoms with E-state index in [4.69, 9.17) is 0 Å². The van der Waals surface area contributed by atoms with Crippen LogP contribution in [0.1, 0.15) is 35.6 Å². The van der Waals surface area contributed by atoms with E-state index in [1.54, 1.807) is 11.3 Å². The smallest absolute Gasteiger partial charge is 0.193 e. The number of nitrogens with zero attached hydrogens (tertiary/aromatic N) is 2. The Balaban J connectivity index is 1.59. The normalized spacial score (nSPS) is 17.8. The van der Waals surface area contributed by atoms with Crippen molar-refractivity contribution in [2.24, 2.45) is 0 Å². The zero-order valence-corrected chi connectivity index (χ0v) is 12.5. The van der Waals surface area contributed by atoms with Crippen LogP contribution in [0.5, 0.6) is 0 Å². The first kappa shape index (κ1) is 12.8. The van der Waals surface area contributed by atoms with Crippen LogP contribution in [0.3, 0.4) is 0 Å². The van der Waals surface area contributed by atoms with Gasteiger partial charge in [-0.2, -0.15) is 0 Å². The molecule has 4 rings (SSSR count). The maximum Gasteiger partial charge on any atom is 0.193 e. The van der Waals surface area contributed by atoms with Crippen LogP contribution >= 0.6 is 11.3 Å². The first-order valence-corrected chi connectivity index (χ1v) is 8.21. The van der Waals surface area contributed by atoms with Crippen LogP contribution in [0, 0.1) is 0 Å². The molecule has 1 aliphatic carbocycles. The summed E-state index contributed by atoms with van der Waals surface area (Å²) in [7, 11) is 0. The van der Waals surface area contributed by atoms with Crippen LogP contribution < -0.4 is 0 Å². The number of carbonyl (C=O) groups is 1. The van der Waals surface area contributed by atoms with Crippen LogP contribution in [0.25, 0.3) is 4.96 Å². The fourth-order valence-electron chi connectivity index (χ4n) is 3.25. The van der Waals surface area contributed by atoms with Gasteiger partial charge in [0.05, 0.1) is 12.1 Å². The van der Waals surface area contributed by atoms with Crippen molar-refractivity contribution < 1.29 is 4.79 Å². The van der Waals surface area contributed by atoms with Crippen LogP contribution in [0.4, 0.5) is 0 Å². The minimum absolute atomic E-state index is 0.0506. The van der Waals surface area contributed by atoms with Crippen molar-refractivity contribution in [3.05, 3.63) is 58.9 Å². The second-order valence-electron chi connectivity index (χ2n) is 5.61. The first-order chi connectivity index (χ1) is 10.3. The lowest BCUT2D eigenvalue weighted by Crippen LogP contribution is -2.20. The molecule has 0 aliphatic heterocycles. The van der Waals surface area contributed by atoms with Gasteiger partial charge >= 0.3 is 0 Å². The lowest BCUT2D eigenvalue weighted by molar-refractivity contribution is -0.120. The van der Waals surface area contributed by atoms with Crippen molar-refractivity contribution >= 4 is 22.1 Å². The van der Waals surface area contributed by atoms with E-state index in [1.165, 1.54) is 11.1 Å². The van der Waals surface area contributed by atoms with E-state index in [9.17, 15) is 4.79 Å². The third kappa shape index (κ3) is 2.29. The highest BCUT2D eigenvalue weighted by Crippen LogP contribution is 2.32. The molecule has 0 radical (unpaired) electrons. The molecule has 1 aliphatic rings. The number of aryl methyl sites for hydroxylation is 1. The van der Waals surface area contributed by atoms with Gasteiger partial charge in [-0.3, -0.25) is 9.20 Å². The molecule has 21 heavy (non-hydrogen) atoms. The number of fused-ring (bicyclic) bond motifs is 2. The quantitative estimate of drug-likeness (QED) is 0.739.